The van der Waals surface area contributed by atoms with E-state index >= 15 is 0 Å². The van der Waals surface area contributed by atoms with Crippen LogP contribution in [0.5, 0.6) is 0 Å². The third-order valence-corrected chi connectivity index (χ3v) is 4.89. The number of nitrogens with zero attached hydrogens (tertiary/aromatic N) is 3. The van der Waals surface area contributed by atoms with Gasteiger partial charge in [0, 0.05) is 25.6 Å². The number of amides is 2. The molecule has 28 heavy (non-hydrogen) atoms. The van der Waals surface area contributed by atoms with Crippen molar-refractivity contribution in [3.05, 3.63) is 45.2 Å². The molecule has 1 aromatic heterocycles. The molecule has 1 N–H and O–H groups in total. The number of nitrogens with one attached hydrogen (secondary N) is 1. The first-order valence-electron chi connectivity index (χ1n) is 8.85. The molecule has 0 radical (unpaired) electrons. The lowest BCUT2D eigenvalue weighted by Crippen LogP contribution is -2.40. The number of carbonyl (C=O) groups excluding carboxylic acids is 2. The summed E-state index contributed by atoms with van der Waals surface area (Å²) < 4.78 is 6.97. The molecular weight excluding hydrogens is 403 g/mol. The molecule has 0 aliphatic carbocycles. The van der Waals surface area contributed by atoms with Crippen molar-refractivity contribution in [1.82, 2.24) is 14.7 Å². The Hall–Kier alpha value is -2.25. The number of halogens is 2. The topological polar surface area (TPSA) is 76.5 Å². The van der Waals surface area contributed by atoms with E-state index in [-0.39, 0.29) is 6.54 Å². The predicted molar refractivity (Wildman–Crippen MR) is 108 cm³/mol. The van der Waals surface area contributed by atoms with Crippen molar-refractivity contribution in [1.29, 1.82) is 0 Å². The van der Waals surface area contributed by atoms with E-state index < -0.39 is 17.6 Å². The highest BCUT2D eigenvalue weighted by Crippen LogP contribution is 2.31. The summed E-state index contributed by atoms with van der Waals surface area (Å²) in [7, 11) is 1.69. The summed E-state index contributed by atoms with van der Waals surface area (Å²) in [5.74, 6) is -0.391. The standard InChI is InChI=1S/C19H22Cl2N4O3/c1-19(2,3)28-18(27)25-9-8-14-11(10-25)16(24(4)23-14)17(26)22-15-12(20)6-5-7-13(15)21/h5-7H,8-10H2,1-4H3,(H,22,26). The molecule has 3 rings (SSSR count). The smallest absolute Gasteiger partial charge is 0.410 e. The normalized spacial score (nSPS) is 13.9. The number of anilines is 1. The Morgan fingerprint density at radius 1 is 1.21 bits per heavy atom. The van der Waals surface area contributed by atoms with Gasteiger partial charge in [0.05, 0.1) is 28.0 Å². The quantitative estimate of drug-likeness (QED) is 0.780. The molecular formula is C19H22Cl2N4O3. The largest absolute Gasteiger partial charge is 0.444 e. The maximum atomic E-state index is 13.0. The molecule has 0 atom stereocenters. The Morgan fingerprint density at radius 2 is 1.86 bits per heavy atom. The van der Waals surface area contributed by atoms with E-state index in [0.29, 0.717) is 40.0 Å². The van der Waals surface area contributed by atoms with Crippen LogP contribution in [-0.4, -0.2) is 38.8 Å². The van der Waals surface area contributed by atoms with Crippen molar-refractivity contribution in [3.63, 3.8) is 0 Å². The van der Waals surface area contributed by atoms with Crippen LogP contribution in [0.3, 0.4) is 0 Å². The van der Waals surface area contributed by atoms with Crippen LogP contribution < -0.4 is 5.32 Å². The van der Waals surface area contributed by atoms with Gasteiger partial charge in [-0.2, -0.15) is 5.10 Å². The van der Waals surface area contributed by atoms with Crippen LogP contribution in [0.2, 0.25) is 10.0 Å². The number of hydrogen-bond donors (Lipinski definition) is 1. The fourth-order valence-electron chi connectivity index (χ4n) is 3.06. The van der Waals surface area contributed by atoms with Crippen LogP contribution in [-0.2, 0) is 24.8 Å². The molecule has 9 heteroatoms. The van der Waals surface area contributed by atoms with Crippen molar-refractivity contribution in [3.8, 4) is 0 Å². The average Bonchev–Trinajstić information content (AvgIpc) is 2.91. The molecule has 2 aromatic rings. The number of aromatic nitrogens is 2. The third-order valence-electron chi connectivity index (χ3n) is 4.26. The summed E-state index contributed by atoms with van der Waals surface area (Å²) in [4.78, 5) is 27.0. The molecule has 7 nitrogen and oxygen atoms in total. The molecule has 0 unspecified atom stereocenters. The highest BCUT2D eigenvalue weighted by atomic mass is 35.5. The zero-order valence-corrected chi connectivity index (χ0v) is 17.7. The van der Waals surface area contributed by atoms with Gasteiger partial charge < -0.3 is 15.0 Å². The van der Waals surface area contributed by atoms with Gasteiger partial charge in [0.15, 0.2) is 0 Å². The van der Waals surface area contributed by atoms with Crippen LogP contribution in [0.4, 0.5) is 10.5 Å². The van der Waals surface area contributed by atoms with Crippen molar-refractivity contribution >= 4 is 40.9 Å². The number of para-hydroxylation sites is 1. The van der Waals surface area contributed by atoms with Crippen molar-refractivity contribution in [2.45, 2.75) is 39.3 Å². The van der Waals surface area contributed by atoms with Crippen LogP contribution in [0.1, 0.15) is 42.5 Å². The molecule has 0 saturated heterocycles. The van der Waals surface area contributed by atoms with Gasteiger partial charge in [-0.3, -0.25) is 9.48 Å². The van der Waals surface area contributed by atoms with E-state index in [4.69, 9.17) is 27.9 Å². The summed E-state index contributed by atoms with van der Waals surface area (Å²) in [6.45, 7) is 6.18. The first kappa shape index (κ1) is 20.5. The average molecular weight is 425 g/mol. The minimum absolute atomic E-state index is 0.247. The van der Waals surface area contributed by atoms with Crippen LogP contribution in [0.15, 0.2) is 18.2 Å². The second kappa shape index (κ2) is 7.64. The molecule has 1 aliphatic rings. The fraction of sp³-hybridized carbons (Fsp3) is 0.421. The summed E-state index contributed by atoms with van der Waals surface area (Å²) in [5, 5.41) is 7.87. The van der Waals surface area contributed by atoms with E-state index in [1.807, 2.05) is 20.8 Å². The molecule has 2 heterocycles. The Labute approximate surface area is 173 Å². The van der Waals surface area contributed by atoms with E-state index in [9.17, 15) is 9.59 Å². The lowest BCUT2D eigenvalue weighted by molar-refractivity contribution is 0.0222. The first-order valence-corrected chi connectivity index (χ1v) is 9.60. The zero-order chi connectivity index (χ0) is 20.6. The third kappa shape index (κ3) is 4.25. The minimum atomic E-state index is -0.590. The fourth-order valence-corrected chi connectivity index (χ4v) is 3.55. The van der Waals surface area contributed by atoms with Gasteiger partial charge in [-0.05, 0) is 32.9 Å². The SMILES string of the molecule is Cn1nc2c(c1C(=O)Nc1c(Cl)cccc1Cl)CN(C(=O)OC(C)(C)C)CC2. The summed E-state index contributed by atoms with van der Waals surface area (Å²) in [5.41, 5.74) is 1.59. The molecule has 150 valence electrons. The van der Waals surface area contributed by atoms with E-state index in [2.05, 4.69) is 10.4 Å². The van der Waals surface area contributed by atoms with Gasteiger partial charge in [-0.1, -0.05) is 29.3 Å². The molecule has 0 fully saturated rings. The minimum Gasteiger partial charge on any atom is -0.444 e. The number of ether oxygens (including phenoxy) is 1. The summed E-state index contributed by atoms with van der Waals surface area (Å²) in [6.07, 6.45) is 0.130. The number of aryl methyl sites for hydroxylation is 1. The van der Waals surface area contributed by atoms with Crippen LogP contribution >= 0.6 is 23.2 Å². The monoisotopic (exact) mass is 424 g/mol. The van der Waals surface area contributed by atoms with Gasteiger partial charge in [-0.25, -0.2) is 4.79 Å². The molecule has 0 saturated carbocycles. The Morgan fingerprint density at radius 3 is 2.46 bits per heavy atom. The second-order valence-electron chi connectivity index (χ2n) is 7.60. The number of benzene rings is 1. The molecule has 0 spiro atoms. The summed E-state index contributed by atoms with van der Waals surface area (Å²) in [6, 6.07) is 4.99. The maximum absolute atomic E-state index is 13.0. The molecule has 2 amide bonds. The van der Waals surface area contributed by atoms with Crippen molar-refractivity contribution < 1.29 is 14.3 Å². The van der Waals surface area contributed by atoms with E-state index in [1.165, 1.54) is 4.68 Å². The number of fused-ring (bicyclic) bond motifs is 1. The van der Waals surface area contributed by atoms with Gasteiger partial charge in [-0.15, -0.1) is 0 Å². The Kier molecular flexibility index (Phi) is 5.59. The van der Waals surface area contributed by atoms with E-state index in [1.54, 1.807) is 30.1 Å². The molecule has 0 bridgehead atoms. The van der Waals surface area contributed by atoms with Crippen molar-refractivity contribution in [2.75, 3.05) is 11.9 Å². The Bertz CT molecular complexity index is 914. The van der Waals surface area contributed by atoms with Gasteiger partial charge in [0.25, 0.3) is 5.91 Å². The van der Waals surface area contributed by atoms with Crippen LogP contribution in [0, 0.1) is 0 Å². The number of carbonyl (C=O) groups is 2. The first-order chi connectivity index (χ1) is 13.1. The lowest BCUT2D eigenvalue weighted by atomic mass is 10.1. The number of rotatable bonds is 2. The van der Waals surface area contributed by atoms with Gasteiger partial charge in [0.2, 0.25) is 0 Å². The van der Waals surface area contributed by atoms with Crippen LogP contribution in [0.25, 0.3) is 0 Å². The summed E-state index contributed by atoms with van der Waals surface area (Å²) >= 11 is 12.3. The highest BCUT2D eigenvalue weighted by Gasteiger charge is 2.31. The second-order valence-corrected chi connectivity index (χ2v) is 8.41. The zero-order valence-electron chi connectivity index (χ0n) is 16.2. The van der Waals surface area contributed by atoms with E-state index in [0.717, 1.165) is 5.69 Å². The number of hydrogen-bond acceptors (Lipinski definition) is 4. The lowest BCUT2D eigenvalue weighted by Gasteiger charge is -2.29. The van der Waals surface area contributed by atoms with Gasteiger partial charge in [0.1, 0.15) is 11.3 Å². The highest BCUT2D eigenvalue weighted by molar-refractivity contribution is 6.40. The molecule has 1 aromatic carbocycles. The predicted octanol–water partition coefficient (Wildman–Crippen LogP) is 4.27. The molecule has 1 aliphatic heterocycles. The Balaban J connectivity index is 1.86. The maximum Gasteiger partial charge on any atom is 0.410 e. The van der Waals surface area contributed by atoms with Crippen molar-refractivity contribution in [2.24, 2.45) is 7.05 Å². The van der Waals surface area contributed by atoms with Gasteiger partial charge >= 0.3 is 6.09 Å².